The van der Waals surface area contributed by atoms with Crippen molar-refractivity contribution in [3.05, 3.63) is 100 Å². The number of carbonyl (C=O) groups excluding carboxylic acids is 1. The normalized spacial score (nSPS) is 11.3. The molecule has 0 amide bonds. The van der Waals surface area contributed by atoms with E-state index in [1.807, 2.05) is 0 Å². The van der Waals surface area contributed by atoms with Crippen LogP contribution in [0, 0.1) is 18.6 Å². The molecule has 3 aromatic carbocycles. The number of rotatable bonds is 9. The molecule has 0 aliphatic heterocycles. The maximum absolute atomic E-state index is 16.0. The molecule has 0 bridgehead atoms. The predicted molar refractivity (Wildman–Crippen MR) is 151 cm³/mol. The highest BCUT2D eigenvalue weighted by Crippen LogP contribution is 2.43. The lowest BCUT2D eigenvalue weighted by molar-refractivity contribution is -0.137. The van der Waals surface area contributed by atoms with Crippen molar-refractivity contribution in [1.29, 1.82) is 0 Å². The number of nitrogen functional groups attached to an aromatic ring is 1. The molecule has 0 fully saturated rings. The number of anilines is 2. The highest BCUT2D eigenvalue weighted by atomic mass is 19.4. The van der Waals surface area contributed by atoms with Crippen LogP contribution in [-0.2, 0) is 24.0 Å². The molecule has 43 heavy (non-hydrogen) atoms. The first-order valence-corrected chi connectivity index (χ1v) is 12.8. The van der Waals surface area contributed by atoms with Gasteiger partial charge in [-0.1, -0.05) is 24.3 Å². The molecule has 7 nitrogen and oxygen atoms in total. The molecular formula is C31H28F5N3O4. The van der Waals surface area contributed by atoms with Crippen molar-refractivity contribution in [1.82, 2.24) is 4.98 Å². The standard InChI is InChI=1S/C31H28F5N3O4/c1-17-24(31(34,35)36)28(22-13-14-23(30(40)43-4)27(37)26(22)33)38-29(25(17)32)39(15-18-5-9-20(41-2)10-6-18)16-19-7-11-21(42-3)12-8-19/h5-14H,15-16,37H2,1-4H3. The van der Waals surface area contributed by atoms with Crippen LogP contribution in [0.3, 0.4) is 0 Å². The summed E-state index contributed by atoms with van der Waals surface area (Å²) in [6.45, 7) is 1.00. The van der Waals surface area contributed by atoms with Crippen molar-refractivity contribution in [3.63, 3.8) is 0 Å². The Morgan fingerprint density at radius 1 is 0.837 bits per heavy atom. The maximum Gasteiger partial charge on any atom is 0.418 e. The molecule has 0 aliphatic rings. The van der Waals surface area contributed by atoms with E-state index >= 15 is 8.78 Å². The van der Waals surface area contributed by atoms with Gasteiger partial charge in [-0.25, -0.2) is 18.6 Å². The lowest BCUT2D eigenvalue weighted by atomic mass is 9.97. The van der Waals surface area contributed by atoms with Gasteiger partial charge in [0.15, 0.2) is 17.5 Å². The molecule has 4 aromatic rings. The molecule has 12 heteroatoms. The molecule has 2 N–H and O–H groups in total. The highest BCUT2D eigenvalue weighted by molar-refractivity contribution is 5.96. The molecule has 0 aliphatic carbocycles. The Hall–Kier alpha value is -4.87. The smallest absolute Gasteiger partial charge is 0.418 e. The van der Waals surface area contributed by atoms with Gasteiger partial charge in [0, 0.05) is 24.2 Å². The Kier molecular flexibility index (Phi) is 9.07. The summed E-state index contributed by atoms with van der Waals surface area (Å²) >= 11 is 0. The number of hydrogen-bond acceptors (Lipinski definition) is 7. The van der Waals surface area contributed by atoms with E-state index in [4.69, 9.17) is 15.2 Å². The van der Waals surface area contributed by atoms with Crippen molar-refractivity contribution in [2.24, 2.45) is 0 Å². The third kappa shape index (κ3) is 6.47. The van der Waals surface area contributed by atoms with Gasteiger partial charge >= 0.3 is 12.1 Å². The number of nitrogens with two attached hydrogens (primary N) is 1. The van der Waals surface area contributed by atoms with Crippen LogP contribution in [0.2, 0.25) is 0 Å². The number of methoxy groups -OCH3 is 3. The fourth-order valence-electron chi connectivity index (χ4n) is 4.59. The van der Waals surface area contributed by atoms with E-state index in [9.17, 15) is 18.0 Å². The summed E-state index contributed by atoms with van der Waals surface area (Å²) in [7, 11) is 4.05. The molecular weight excluding hydrogens is 573 g/mol. The Labute approximate surface area is 244 Å². The minimum Gasteiger partial charge on any atom is -0.497 e. The van der Waals surface area contributed by atoms with Crippen LogP contribution in [0.25, 0.3) is 11.3 Å². The number of benzene rings is 3. The van der Waals surface area contributed by atoms with Gasteiger partial charge in [0.2, 0.25) is 0 Å². The van der Waals surface area contributed by atoms with Crippen LogP contribution in [0.4, 0.5) is 33.5 Å². The second kappa shape index (κ2) is 12.6. The zero-order valence-corrected chi connectivity index (χ0v) is 23.7. The number of esters is 1. The van der Waals surface area contributed by atoms with Gasteiger partial charge in [-0.2, -0.15) is 13.2 Å². The van der Waals surface area contributed by atoms with E-state index in [1.165, 1.54) is 19.1 Å². The number of alkyl halides is 3. The number of nitrogens with zero attached hydrogens (tertiary/aromatic N) is 2. The second-order valence-corrected chi connectivity index (χ2v) is 9.53. The van der Waals surface area contributed by atoms with Crippen LogP contribution in [0.5, 0.6) is 11.5 Å². The summed E-state index contributed by atoms with van der Waals surface area (Å²) in [5.74, 6) is -2.82. The molecule has 0 spiro atoms. The number of pyridine rings is 1. The van der Waals surface area contributed by atoms with Crippen LogP contribution >= 0.6 is 0 Å². The van der Waals surface area contributed by atoms with Crippen LogP contribution in [0.1, 0.15) is 32.6 Å². The van der Waals surface area contributed by atoms with Gasteiger partial charge in [0.1, 0.15) is 11.5 Å². The Morgan fingerprint density at radius 2 is 1.35 bits per heavy atom. The summed E-state index contributed by atoms with van der Waals surface area (Å²) in [6.07, 6.45) is -5.11. The SMILES string of the molecule is COC(=O)c1ccc(-c2nc(N(Cc3ccc(OC)cc3)Cc3ccc(OC)cc3)c(F)c(C)c2C(F)(F)F)c(F)c1N. The maximum atomic E-state index is 16.0. The highest BCUT2D eigenvalue weighted by Gasteiger charge is 2.40. The molecule has 4 rings (SSSR count). The first-order chi connectivity index (χ1) is 20.4. The molecule has 226 valence electrons. The molecule has 0 saturated carbocycles. The van der Waals surface area contributed by atoms with Crippen LogP contribution in [-0.4, -0.2) is 32.3 Å². The van der Waals surface area contributed by atoms with Gasteiger partial charge in [0.05, 0.1) is 43.8 Å². The minimum atomic E-state index is -5.11. The fraction of sp³-hybridized carbons (Fsp3) is 0.226. The largest absolute Gasteiger partial charge is 0.497 e. The Morgan fingerprint density at radius 3 is 1.79 bits per heavy atom. The van der Waals surface area contributed by atoms with Gasteiger partial charge in [-0.3, -0.25) is 0 Å². The summed E-state index contributed by atoms with van der Waals surface area (Å²) in [5.41, 5.74) is 2.25. The van der Waals surface area contributed by atoms with Crippen molar-refractivity contribution < 1.29 is 41.0 Å². The molecule has 0 radical (unpaired) electrons. The molecule has 1 aromatic heterocycles. The average molecular weight is 602 g/mol. The van der Waals surface area contributed by atoms with E-state index in [2.05, 4.69) is 9.72 Å². The monoisotopic (exact) mass is 601 g/mol. The lowest BCUT2D eigenvalue weighted by Gasteiger charge is -2.27. The van der Waals surface area contributed by atoms with E-state index in [0.29, 0.717) is 22.6 Å². The lowest BCUT2D eigenvalue weighted by Crippen LogP contribution is -2.26. The van der Waals surface area contributed by atoms with Crippen molar-refractivity contribution >= 4 is 17.5 Å². The van der Waals surface area contributed by atoms with E-state index in [1.54, 1.807) is 48.5 Å². The average Bonchev–Trinajstić information content (AvgIpc) is 2.99. The molecule has 0 saturated heterocycles. The topological polar surface area (TPSA) is 86.9 Å². The van der Waals surface area contributed by atoms with Crippen LogP contribution in [0.15, 0.2) is 60.7 Å². The number of ether oxygens (including phenoxy) is 3. The first-order valence-electron chi connectivity index (χ1n) is 12.8. The molecule has 0 atom stereocenters. The second-order valence-electron chi connectivity index (χ2n) is 9.53. The number of aromatic nitrogens is 1. The van der Waals surface area contributed by atoms with E-state index in [0.717, 1.165) is 26.2 Å². The summed E-state index contributed by atoms with van der Waals surface area (Å²) < 4.78 is 89.6. The third-order valence-corrected chi connectivity index (χ3v) is 6.84. The molecule has 1 heterocycles. The first kappa shape index (κ1) is 31.1. The quantitative estimate of drug-likeness (QED) is 0.126. The Bertz CT molecular complexity index is 1580. The van der Waals surface area contributed by atoms with E-state index in [-0.39, 0.29) is 18.7 Å². The Balaban J connectivity index is 1.94. The summed E-state index contributed by atoms with van der Waals surface area (Å²) in [6, 6.07) is 15.6. The van der Waals surface area contributed by atoms with Crippen molar-refractivity contribution in [2.45, 2.75) is 26.2 Å². The predicted octanol–water partition coefficient (Wildman–Crippen LogP) is 6.95. The third-order valence-electron chi connectivity index (χ3n) is 6.84. The minimum absolute atomic E-state index is 0.0239. The van der Waals surface area contributed by atoms with Crippen molar-refractivity contribution in [2.75, 3.05) is 32.0 Å². The number of halogens is 5. The van der Waals surface area contributed by atoms with Gasteiger partial charge in [-0.15, -0.1) is 0 Å². The fourth-order valence-corrected chi connectivity index (χ4v) is 4.59. The van der Waals surface area contributed by atoms with Crippen molar-refractivity contribution in [3.8, 4) is 22.8 Å². The van der Waals surface area contributed by atoms with Gasteiger partial charge in [0.25, 0.3) is 0 Å². The molecule has 0 unspecified atom stereocenters. The summed E-state index contributed by atoms with van der Waals surface area (Å²) in [5, 5.41) is 0. The summed E-state index contributed by atoms with van der Waals surface area (Å²) in [4.78, 5) is 17.5. The van der Waals surface area contributed by atoms with Gasteiger partial charge in [-0.05, 0) is 54.4 Å². The van der Waals surface area contributed by atoms with Gasteiger partial charge < -0.3 is 24.8 Å². The zero-order valence-electron chi connectivity index (χ0n) is 23.7. The zero-order chi connectivity index (χ0) is 31.5. The number of carbonyl (C=O) groups is 1. The van der Waals surface area contributed by atoms with Crippen LogP contribution < -0.4 is 20.1 Å². The van der Waals surface area contributed by atoms with E-state index < -0.39 is 57.7 Å². The number of hydrogen-bond donors (Lipinski definition) is 1.